The van der Waals surface area contributed by atoms with Crippen LogP contribution in [0.1, 0.15) is 15.9 Å². The van der Waals surface area contributed by atoms with Gasteiger partial charge in [0.15, 0.2) is 5.13 Å². The van der Waals surface area contributed by atoms with Crippen LogP contribution in [-0.2, 0) is 0 Å². The average molecular weight is 498 g/mol. The summed E-state index contributed by atoms with van der Waals surface area (Å²) in [7, 11) is 0. The lowest BCUT2D eigenvalue weighted by Crippen LogP contribution is -2.13. The third-order valence-electron chi connectivity index (χ3n) is 6.39. The van der Waals surface area contributed by atoms with Gasteiger partial charge in [-0.3, -0.25) is 10.1 Å². The fraction of sp³-hybridized carbons (Fsp3) is 0.0312. The lowest BCUT2D eigenvalue weighted by Gasteiger charge is -2.11. The monoisotopic (exact) mass is 497 g/mol. The zero-order valence-corrected chi connectivity index (χ0v) is 21.0. The van der Waals surface area contributed by atoms with E-state index in [0.717, 1.165) is 44.5 Å². The van der Waals surface area contributed by atoms with Gasteiger partial charge in [-0.05, 0) is 35.7 Å². The van der Waals surface area contributed by atoms with Gasteiger partial charge in [0.05, 0.1) is 22.5 Å². The number of carbonyl (C=O) groups is 1. The predicted molar refractivity (Wildman–Crippen MR) is 153 cm³/mol. The number of benzene rings is 4. The van der Waals surface area contributed by atoms with Crippen LogP contribution in [0.2, 0.25) is 0 Å². The van der Waals surface area contributed by atoms with E-state index in [1.807, 2.05) is 72.1 Å². The maximum Gasteiger partial charge on any atom is 0.258 e. The van der Waals surface area contributed by atoms with E-state index in [4.69, 9.17) is 9.97 Å². The van der Waals surface area contributed by atoms with Gasteiger partial charge in [-0.1, -0.05) is 97.1 Å². The van der Waals surface area contributed by atoms with Gasteiger partial charge in [0.2, 0.25) is 0 Å². The Balaban J connectivity index is 1.28. The molecule has 0 unspecified atom stereocenters. The number of carbonyl (C=O) groups excluding carboxylic acids is 1. The van der Waals surface area contributed by atoms with Crippen molar-refractivity contribution in [2.24, 2.45) is 0 Å². The molecule has 178 valence electrons. The number of nitrogens with zero attached hydrogens (tertiary/aromatic N) is 2. The number of hydrogen-bond acceptors (Lipinski definition) is 4. The smallest absolute Gasteiger partial charge is 0.258 e. The van der Waals surface area contributed by atoms with Gasteiger partial charge < -0.3 is 0 Å². The summed E-state index contributed by atoms with van der Waals surface area (Å²) >= 11 is 1.42. The van der Waals surface area contributed by atoms with Crippen LogP contribution in [0.3, 0.4) is 0 Å². The number of thiazole rings is 1. The number of anilines is 1. The van der Waals surface area contributed by atoms with Crippen molar-refractivity contribution in [2.45, 2.75) is 6.92 Å². The molecule has 0 aliphatic carbocycles. The SMILES string of the molecule is Cc1ccccc1-c1cc(C(=O)Nc2nc(-c3ccc(-c4ccccc4)cc3)cs2)c2ccccc2n1. The number of hydrogen-bond donors (Lipinski definition) is 1. The Morgan fingerprint density at radius 2 is 1.38 bits per heavy atom. The Bertz CT molecular complexity index is 1720. The van der Waals surface area contributed by atoms with E-state index in [9.17, 15) is 4.79 Å². The minimum atomic E-state index is -0.200. The Kier molecular flexibility index (Phi) is 6.05. The molecule has 4 aromatic carbocycles. The summed E-state index contributed by atoms with van der Waals surface area (Å²) in [5.74, 6) is -0.200. The largest absolute Gasteiger partial charge is 0.298 e. The molecule has 4 nitrogen and oxygen atoms in total. The van der Waals surface area contributed by atoms with Crippen LogP contribution >= 0.6 is 11.3 Å². The van der Waals surface area contributed by atoms with E-state index in [1.54, 1.807) is 0 Å². The zero-order valence-electron chi connectivity index (χ0n) is 20.2. The quantitative estimate of drug-likeness (QED) is 0.261. The minimum absolute atomic E-state index is 0.200. The molecule has 0 aliphatic heterocycles. The van der Waals surface area contributed by atoms with Crippen molar-refractivity contribution in [1.82, 2.24) is 9.97 Å². The van der Waals surface area contributed by atoms with Crippen molar-refractivity contribution in [3.05, 3.63) is 126 Å². The van der Waals surface area contributed by atoms with Gasteiger partial charge in [-0.2, -0.15) is 0 Å². The Labute approximate surface area is 219 Å². The molecule has 6 rings (SSSR count). The van der Waals surface area contributed by atoms with E-state index >= 15 is 0 Å². The molecule has 0 saturated carbocycles. The summed E-state index contributed by atoms with van der Waals surface area (Å²) in [6.07, 6.45) is 0. The highest BCUT2D eigenvalue weighted by atomic mass is 32.1. The van der Waals surface area contributed by atoms with Gasteiger partial charge in [0.25, 0.3) is 5.91 Å². The van der Waals surface area contributed by atoms with Crippen LogP contribution in [-0.4, -0.2) is 15.9 Å². The molecule has 0 radical (unpaired) electrons. The fourth-order valence-corrected chi connectivity index (χ4v) is 5.17. The van der Waals surface area contributed by atoms with Crippen LogP contribution in [0.15, 0.2) is 115 Å². The molecule has 0 bridgehead atoms. The molecule has 0 fully saturated rings. The number of pyridine rings is 1. The molecule has 0 atom stereocenters. The van der Waals surface area contributed by atoms with E-state index in [1.165, 1.54) is 16.9 Å². The highest BCUT2D eigenvalue weighted by molar-refractivity contribution is 7.14. The number of rotatable bonds is 5. The van der Waals surface area contributed by atoms with Crippen molar-refractivity contribution in [2.75, 3.05) is 5.32 Å². The number of aromatic nitrogens is 2. The summed E-state index contributed by atoms with van der Waals surface area (Å²) in [5, 5.41) is 6.35. The van der Waals surface area contributed by atoms with E-state index < -0.39 is 0 Å². The molecule has 1 amide bonds. The van der Waals surface area contributed by atoms with Gasteiger partial charge in [-0.25, -0.2) is 9.97 Å². The predicted octanol–water partition coefficient (Wildman–Crippen LogP) is 8.25. The second kappa shape index (κ2) is 9.80. The molecule has 37 heavy (non-hydrogen) atoms. The standard InChI is InChI=1S/C32H23N3OS/c1-21-9-5-6-12-25(21)29-19-27(26-13-7-8-14-28(26)33-29)31(36)35-32-34-30(20-37-32)24-17-15-23(16-18-24)22-10-3-2-4-11-22/h2-20H,1H3,(H,34,35,36). The molecule has 0 saturated heterocycles. The molecule has 0 spiro atoms. The highest BCUT2D eigenvalue weighted by Gasteiger charge is 2.16. The van der Waals surface area contributed by atoms with Crippen molar-refractivity contribution < 1.29 is 4.79 Å². The van der Waals surface area contributed by atoms with Crippen LogP contribution in [0.25, 0.3) is 44.5 Å². The molecule has 2 heterocycles. The summed E-state index contributed by atoms with van der Waals surface area (Å²) in [5.41, 5.74) is 8.43. The molecule has 5 heteroatoms. The lowest BCUT2D eigenvalue weighted by atomic mass is 10.0. The first-order valence-corrected chi connectivity index (χ1v) is 12.9. The first kappa shape index (κ1) is 22.8. The Hall–Kier alpha value is -4.61. The van der Waals surface area contributed by atoms with Crippen LogP contribution in [0, 0.1) is 6.92 Å². The third-order valence-corrected chi connectivity index (χ3v) is 7.15. The molecule has 6 aromatic rings. The molecule has 1 N–H and O–H groups in total. The van der Waals surface area contributed by atoms with Gasteiger partial charge in [0, 0.05) is 21.9 Å². The first-order valence-electron chi connectivity index (χ1n) is 12.0. The van der Waals surface area contributed by atoms with Crippen molar-refractivity contribution in [3.8, 4) is 33.6 Å². The molecular formula is C32H23N3OS. The maximum atomic E-state index is 13.5. The number of para-hydroxylation sites is 1. The number of amides is 1. The second-order valence-electron chi connectivity index (χ2n) is 8.82. The topological polar surface area (TPSA) is 54.9 Å². The molecular weight excluding hydrogens is 474 g/mol. The zero-order chi connectivity index (χ0) is 25.2. The first-order chi connectivity index (χ1) is 18.2. The van der Waals surface area contributed by atoms with Crippen LogP contribution in [0.4, 0.5) is 5.13 Å². The Morgan fingerprint density at radius 3 is 2.19 bits per heavy atom. The number of aryl methyl sites for hydroxylation is 1. The summed E-state index contributed by atoms with van der Waals surface area (Å²) in [4.78, 5) is 23.0. The highest BCUT2D eigenvalue weighted by Crippen LogP contribution is 2.30. The van der Waals surface area contributed by atoms with Crippen molar-refractivity contribution >= 4 is 33.3 Å². The van der Waals surface area contributed by atoms with Gasteiger partial charge in [0.1, 0.15) is 0 Å². The fourth-order valence-electron chi connectivity index (χ4n) is 4.45. The normalized spacial score (nSPS) is 10.9. The van der Waals surface area contributed by atoms with Gasteiger partial charge >= 0.3 is 0 Å². The second-order valence-corrected chi connectivity index (χ2v) is 9.68. The van der Waals surface area contributed by atoms with E-state index in [0.29, 0.717) is 10.7 Å². The minimum Gasteiger partial charge on any atom is -0.298 e. The van der Waals surface area contributed by atoms with Crippen LogP contribution in [0.5, 0.6) is 0 Å². The maximum absolute atomic E-state index is 13.5. The van der Waals surface area contributed by atoms with Crippen molar-refractivity contribution in [3.63, 3.8) is 0 Å². The number of nitrogens with one attached hydrogen (secondary N) is 1. The van der Waals surface area contributed by atoms with Gasteiger partial charge in [-0.15, -0.1) is 11.3 Å². The van der Waals surface area contributed by atoms with Crippen molar-refractivity contribution in [1.29, 1.82) is 0 Å². The lowest BCUT2D eigenvalue weighted by molar-refractivity contribution is 0.102. The summed E-state index contributed by atoms with van der Waals surface area (Å²) in [6, 6.07) is 36.3. The summed E-state index contributed by atoms with van der Waals surface area (Å²) < 4.78 is 0. The molecule has 0 aliphatic rings. The third kappa shape index (κ3) is 4.65. The Morgan fingerprint density at radius 1 is 0.703 bits per heavy atom. The number of fused-ring (bicyclic) bond motifs is 1. The molecule has 2 aromatic heterocycles. The van der Waals surface area contributed by atoms with E-state index in [2.05, 4.69) is 54.7 Å². The average Bonchev–Trinajstić information content (AvgIpc) is 3.41. The van der Waals surface area contributed by atoms with Crippen LogP contribution < -0.4 is 5.32 Å². The van der Waals surface area contributed by atoms with E-state index in [-0.39, 0.29) is 5.91 Å². The summed E-state index contributed by atoms with van der Waals surface area (Å²) in [6.45, 7) is 2.05.